The monoisotopic (exact) mass is 438 g/mol. The van der Waals surface area contributed by atoms with E-state index in [2.05, 4.69) is 16.4 Å². The second-order valence-corrected chi connectivity index (χ2v) is 8.69. The fourth-order valence-electron chi connectivity index (χ4n) is 3.21. The van der Waals surface area contributed by atoms with Crippen molar-refractivity contribution in [3.63, 3.8) is 0 Å². The van der Waals surface area contributed by atoms with Crippen LogP contribution in [0.4, 0.5) is 5.69 Å². The van der Waals surface area contributed by atoms with Gasteiger partial charge in [0, 0.05) is 31.7 Å². The van der Waals surface area contributed by atoms with Crippen LogP contribution in [0.5, 0.6) is 0 Å². The standard InChI is InChI=1S/C23H30N6O3/c1-23(2,3)26-13-17(11-24)22(32)28(4)15-20(30)29-14-16(10-19(29)12-25)21(31)27-18-8-6-5-7-9-18/h5-9,11,13,16,19H,10,14-15,24H2,1-4H3,(H,27,31). The Morgan fingerprint density at radius 1 is 1.31 bits per heavy atom. The van der Waals surface area contributed by atoms with Crippen LogP contribution in [0.25, 0.3) is 0 Å². The molecule has 0 saturated carbocycles. The minimum Gasteiger partial charge on any atom is -0.404 e. The van der Waals surface area contributed by atoms with Crippen molar-refractivity contribution in [2.45, 2.75) is 38.8 Å². The minimum absolute atomic E-state index is 0.114. The van der Waals surface area contributed by atoms with Gasteiger partial charge in [0.15, 0.2) is 0 Å². The number of amides is 3. The summed E-state index contributed by atoms with van der Waals surface area (Å²) >= 11 is 0. The Morgan fingerprint density at radius 3 is 2.53 bits per heavy atom. The average Bonchev–Trinajstić information content (AvgIpc) is 3.18. The highest BCUT2D eigenvalue weighted by atomic mass is 16.2. The number of anilines is 1. The number of nitrogens with two attached hydrogens (primary N) is 1. The maximum Gasteiger partial charge on any atom is 0.257 e. The van der Waals surface area contributed by atoms with Gasteiger partial charge in [-0.05, 0) is 39.3 Å². The first-order valence-corrected chi connectivity index (χ1v) is 10.3. The molecule has 2 atom stereocenters. The van der Waals surface area contributed by atoms with Crippen molar-refractivity contribution in [1.29, 1.82) is 5.26 Å². The molecule has 9 heteroatoms. The number of likely N-dealkylation sites (N-methyl/N-ethyl adjacent to an activating group) is 1. The van der Waals surface area contributed by atoms with E-state index in [4.69, 9.17) is 5.73 Å². The zero-order valence-electron chi connectivity index (χ0n) is 18.9. The predicted octanol–water partition coefficient (Wildman–Crippen LogP) is 1.54. The number of carbonyl (C=O) groups excluding carboxylic acids is 3. The number of carbonyl (C=O) groups is 3. The van der Waals surface area contributed by atoms with Gasteiger partial charge in [-0.25, -0.2) is 0 Å². The third-order valence-electron chi connectivity index (χ3n) is 4.92. The van der Waals surface area contributed by atoms with Crippen LogP contribution in [-0.4, -0.2) is 65.5 Å². The molecule has 0 bridgehead atoms. The normalized spacial score (nSPS) is 19.0. The van der Waals surface area contributed by atoms with Crippen LogP contribution in [0.3, 0.4) is 0 Å². The van der Waals surface area contributed by atoms with E-state index in [0.717, 1.165) is 6.20 Å². The molecule has 1 aromatic rings. The van der Waals surface area contributed by atoms with Gasteiger partial charge in [0.1, 0.15) is 6.04 Å². The predicted molar refractivity (Wildman–Crippen MR) is 122 cm³/mol. The summed E-state index contributed by atoms with van der Waals surface area (Å²) in [5.74, 6) is -1.63. The van der Waals surface area contributed by atoms with Gasteiger partial charge in [0.2, 0.25) is 11.8 Å². The number of benzene rings is 1. The van der Waals surface area contributed by atoms with Crippen molar-refractivity contribution >= 4 is 29.6 Å². The maximum atomic E-state index is 12.8. The van der Waals surface area contributed by atoms with E-state index >= 15 is 0 Å². The summed E-state index contributed by atoms with van der Waals surface area (Å²) in [6.07, 6.45) is 2.78. The summed E-state index contributed by atoms with van der Waals surface area (Å²) in [5, 5.41) is 12.3. The number of hydrogen-bond acceptors (Lipinski definition) is 6. The topological polar surface area (TPSA) is 132 Å². The molecule has 0 aromatic heterocycles. The van der Waals surface area contributed by atoms with Crippen LogP contribution < -0.4 is 11.1 Å². The third-order valence-corrected chi connectivity index (χ3v) is 4.92. The fourth-order valence-corrected chi connectivity index (χ4v) is 3.21. The largest absolute Gasteiger partial charge is 0.404 e. The lowest BCUT2D eigenvalue weighted by Gasteiger charge is -2.24. The van der Waals surface area contributed by atoms with Gasteiger partial charge in [-0.3, -0.25) is 19.4 Å². The molecule has 0 spiro atoms. The summed E-state index contributed by atoms with van der Waals surface area (Å²) in [6, 6.07) is 10.3. The van der Waals surface area contributed by atoms with Crippen LogP contribution in [0.1, 0.15) is 27.2 Å². The summed E-state index contributed by atoms with van der Waals surface area (Å²) < 4.78 is 0. The molecule has 0 radical (unpaired) electrons. The Bertz CT molecular complexity index is 943. The van der Waals surface area contributed by atoms with E-state index < -0.39 is 23.8 Å². The zero-order valence-corrected chi connectivity index (χ0v) is 18.9. The maximum absolute atomic E-state index is 12.8. The van der Waals surface area contributed by atoms with E-state index in [9.17, 15) is 19.6 Å². The van der Waals surface area contributed by atoms with Crippen LogP contribution in [0.15, 0.2) is 47.1 Å². The van der Waals surface area contributed by atoms with Gasteiger partial charge in [-0.1, -0.05) is 18.2 Å². The zero-order chi connectivity index (χ0) is 23.9. The fraction of sp³-hybridized carbons (Fsp3) is 0.435. The van der Waals surface area contributed by atoms with Crippen LogP contribution >= 0.6 is 0 Å². The molecule has 170 valence electrons. The Morgan fingerprint density at radius 2 is 1.97 bits per heavy atom. The van der Waals surface area contributed by atoms with E-state index in [1.807, 2.05) is 26.8 Å². The van der Waals surface area contributed by atoms with Crippen LogP contribution in [0.2, 0.25) is 0 Å². The van der Waals surface area contributed by atoms with Crippen molar-refractivity contribution in [3.8, 4) is 6.07 Å². The van der Waals surface area contributed by atoms with Crippen molar-refractivity contribution in [2.75, 3.05) is 25.5 Å². The third kappa shape index (κ3) is 6.67. The molecule has 0 aliphatic carbocycles. The lowest BCUT2D eigenvalue weighted by atomic mass is 10.1. The van der Waals surface area contributed by atoms with E-state index in [0.29, 0.717) is 5.69 Å². The van der Waals surface area contributed by atoms with Crippen molar-refractivity contribution in [2.24, 2.45) is 16.6 Å². The smallest absolute Gasteiger partial charge is 0.257 e. The van der Waals surface area contributed by atoms with Gasteiger partial charge in [0.05, 0.1) is 29.6 Å². The Balaban J connectivity index is 2.02. The molecule has 32 heavy (non-hydrogen) atoms. The second kappa shape index (κ2) is 10.6. The number of nitrogens with one attached hydrogen (secondary N) is 1. The van der Waals surface area contributed by atoms with E-state index in [1.54, 1.807) is 24.3 Å². The first kappa shape index (κ1) is 24.6. The molecule has 9 nitrogen and oxygen atoms in total. The van der Waals surface area contributed by atoms with Gasteiger partial charge in [-0.2, -0.15) is 5.26 Å². The number of nitriles is 1. The first-order chi connectivity index (χ1) is 15.1. The minimum atomic E-state index is -0.732. The molecule has 2 unspecified atom stereocenters. The second-order valence-electron chi connectivity index (χ2n) is 8.69. The molecular weight excluding hydrogens is 408 g/mol. The lowest BCUT2D eigenvalue weighted by molar-refractivity contribution is -0.137. The van der Waals surface area contributed by atoms with Gasteiger partial charge < -0.3 is 20.9 Å². The van der Waals surface area contributed by atoms with E-state index in [1.165, 1.54) is 23.1 Å². The number of para-hydroxylation sites is 1. The number of rotatable bonds is 6. The summed E-state index contributed by atoms with van der Waals surface area (Å²) in [7, 11) is 1.48. The molecule has 3 N–H and O–H groups in total. The number of nitrogens with zero attached hydrogens (tertiary/aromatic N) is 4. The molecule has 1 saturated heterocycles. The van der Waals surface area contributed by atoms with Crippen LogP contribution in [-0.2, 0) is 14.4 Å². The molecule has 3 amide bonds. The quantitative estimate of drug-likeness (QED) is 0.514. The Hall–Kier alpha value is -3.67. The molecule has 1 aliphatic rings. The van der Waals surface area contributed by atoms with E-state index in [-0.39, 0.29) is 36.5 Å². The highest BCUT2D eigenvalue weighted by Gasteiger charge is 2.39. The SMILES string of the molecule is CN(CC(=O)N1CC(C(=O)Nc2ccccc2)CC1C#N)C(=O)C(C=NC(C)(C)C)=CN. The highest BCUT2D eigenvalue weighted by Crippen LogP contribution is 2.25. The first-order valence-electron chi connectivity index (χ1n) is 10.3. The highest BCUT2D eigenvalue weighted by molar-refractivity contribution is 6.12. The number of aliphatic imine (C=N–C) groups is 1. The molecule has 1 aromatic carbocycles. The number of hydrogen-bond donors (Lipinski definition) is 2. The Labute approximate surface area is 188 Å². The summed E-state index contributed by atoms with van der Waals surface area (Å²) in [4.78, 5) is 45.0. The Kier molecular flexibility index (Phi) is 8.13. The van der Waals surface area contributed by atoms with Crippen LogP contribution in [0, 0.1) is 17.2 Å². The molecule has 2 rings (SSSR count). The average molecular weight is 439 g/mol. The van der Waals surface area contributed by atoms with Gasteiger partial charge in [-0.15, -0.1) is 0 Å². The molecule has 1 heterocycles. The van der Waals surface area contributed by atoms with Crippen molar-refractivity contribution in [3.05, 3.63) is 42.1 Å². The molecule has 1 aliphatic heterocycles. The molecular formula is C23H30N6O3. The lowest BCUT2D eigenvalue weighted by Crippen LogP contribution is -2.44. The van der Waals surface area contributed by atoms with Crippen molar-refractivity contribution in [1.82, 2.24) is 9.80 Å². The molecule has 1 fully saturated rings. The van der Waals surface area contributed by atoms with Gasteiger partial charge in [0.25, 0.3) is 5.91 Å². The van der Waals surface area contributed by atoms with Gasteiger partial charge >= 0.3 is 0 Å². The number of likely N-dealkylation sites (tertiary alicyclic amines) is 1. The summed E-state index contributed by atoms with van der Waals surface area (Å²) in [6.45, 7) is 5.52. The summed E-state index contributed by atoms with van der Waals surface area (Å²) in [5.41, 5.74) is 6.00. The van der Waals surface area contributed by atoms with Crippen molar-refractivity contribution < 1.29 is 14.4 Å².